The molecule has 1 heterocycles. The highest BCUT2D eigenvalue weighted by Gasteiger charge is 2.38. The quantitative estimate of drug-likeness (QED) is 0.697. The third kappa shape index (κ3) is 3.34. The Labute approximate surface area is 167 Å². The zero-order valence-electron chi connectivity index (χ0n) is 15.2. The van der Waals surface area contributed by atoms with Crippen molar-refractivity contribution in [1.82, 2.24) is 10.2 Å². The smallest absolute Gasteiger partial charge is 0.173 e. The van der Waals surface area contributed by atoms with Crippen molar-refractivity contribution >= 4 is 39.0 Å². The van der Waals surface area contributed by atoms with Crippen molar-refractivity contribution < 1.29 is 14.3 Å². The largest absolute Gasteiger partial charge is 0.493 e. The first-order valence-electron chi connectivity index (χ1n) is 8.77. The Morgan fingerprint density at radius 1 is 1.31 bits per heavy atom. The molecule has 0 saturated heterocycles. The normalized spacial score (nSPS) is 20.0. The van der Waals surface area contributed by atoms with E-state index in [9.17, 15) is 4.79 Å². The number of halogens is 1. The van der Waals surface area contributed by atoms with Crippen molar-refractivity contribution in [2.75, 3.05) is 20.8 Å². The summed E-state index contributed by atoms with van der Waals surface area (Å²) in [5, 5.41) is 4.03. The number of carbonyl (C=O) groups is 1. The molecule has 0 radical (unpaired) electrons. The van der Waals surface area contributed by atoms with Gasteiger partial charge in [0.2, 0.25) is 0 Å². The van der Waals surface area contributed by atoms with E-state index in [4.69, 9.17) is 21.7 Å². The number of carbonyl (C=O) groups excluding carboxylic acids is 1. The van der Waals surface area contributed by atoms with Gasteiger partial charge in [-0.25, -0.2) is 0 Å². The molecule has 140 valence electrons. The fraction of sp³-hybridized carbons (Fsp3) is 0.474. The minimum Gasteiger partial charge on any atom is -0.493 e. The monoisotopic (exact) mass is 438 g/mol. The molecule has 0 bridgehead atoms. The minimum absolute atomic E-state index is 0.174. The van der Waals surface area contributed by atoms with Crippen LogP contribution in [0.15, 0.2) is 27.9 Å². The Balaban J connectivity index is 2.19. The highest BCUT2D eigenvalue weighted by molar-refractivity contribution is 9.10. The Morgan fingerprint density at radius 3 is 2.73 bits per heavy atom. The van der Waals surface area contributed by atoms with Crippen molar-refractivity contribution in [3.63, 3.8) is 0 Å². The molecule has 0 aromatic heterocycles. The lowest BCUT2D eigenvalue weighted by Crippen LogP contribution is -2.49. The maximum absolute atomic E-state index is 12.9. The summed E-state index contributed by atoms with van der Waals surface area (Å²) in [7, 11) is 3.21. The number of nitrogens with one attached hydrogen (secondary N) is 1. The first kappa shape index (κ1) is 19.2. The molecule has 1 atom stereocenters. The van der Waals surface area contributed by atoms with Gasteiger partial charge in [-0.05, 0) is 43.6 Å². The lowest BCUT2D eigenvalue weighted by atomic mass is 9.84. The highest BCUT2D eigenvalue weighted by atomic mass is 79.9. The van der Waals surface area contributed by atoms with Crippen molar-refractivity contribution in [2.24, 2.45) is 0 Å². The van der Waals surface area contributed by atoms with Crippen LogP contribution in [0.25, 0.3) is 0 Å². The zero-order valence-corrected chi connectivity index (χ0v) is 17.6. The van der Waals surface area contributed by atoms with E-state index in [2.05, 4.69) is 33.1 Å². The maximum atomic E-state index is 12.9. The average Bonchev–Trinajstić information content (AvgIpc) is 2.63. The fourth-order valence-electron chi connectivity index (χ4n) is 3.72. The second kappa shape index (κ2) is 7.96. The van der Waals surface area contributed by atoms with Crippen LogP contribution in [-0.2, 0) is 4.79 Å². The third-order valence-corrected chi connectivity index (χ3v) is 5.58. The summed E-state index contributed by atoms with van der Waals surface area (Å²) >= 11 is 9.17. The van der Waals surface area contributed by atoms with Gasteiger partial charge in [0.05, 0.1) is 20.3 Å². The first-order chi connectivity index (χ1) is 12.5. The molecule has 1 aliphatic heterocycles. The van der Waals surface area contributed by atoms with E-state index in [0.717, 1.165) is 47.1 Å². The summed E-state index contributed by atoms with van der Waals surface area (Å²) in [4.78, 5) is 14.9. The Morgan fingerprint density at radius 2 is 2.08 bits per heavy atom. The van der Waals surface area contributed by atoms with Gasteiger partial charge in [-0.3, -0.25) is 4.79 Å². The molecule has 0 amide bonds. The van der Waals surface area contributed by atoms with Crippen LogP contribution in [0, 0.1) is 0 Å². The summed E-state index contributed by atoms with van der Waals surface area (Å²) in [5.41, 5.74) is 2.70. The number of rotatable bonds is 5. The van der Waals surface area contributed by atoms with E-state index in [0.29, 0.717) is 23.0 Å². The van der Waals surface area contributed by atoms with Gasteiger partial charge in [0.15, 0.2) is 22.4 Å². The second-order valence-corrected chi connectivity index (χ2v) is 7.70. The van der Waals surface area contributed by atoms with E-state index in [1.807, 2.05) is 12.1 Å². The first-order valence-corrected chi connectivity index (χ1v) is 9.97. The number of Topliss-reactive ketones (excluding diaryl/α,β-unsaturated/α-hetero) is 1. The number of methoxy groups -OCH3 is 2. The fourth-order valence-corrected chi connectivity index (χ4v) is 4.49. The maximum Gasteiger partial charge on any atom is 0.173 e. The van der Waals surface area contributed by atoms with Crippen LogP contribution in [0.1, 0.15) is 44.2 Å². The van der Waals surface area contributed by atoms with Gasteiger partial charge in [0.1, 0.15) is 0 Å². The van der Waals surface area contributed by atoms with E-state index >= 15 is 0 Å². The van der Waals surface area contributed by atoms with Crippen molar-refractivity contribution in [3.8, 4) is 11.5 Å². The molecule has 0 fully saturated rings. The van der Waals surface area contributed by atoms with Crippen LogP contribution in [0.3, 0.4) is 0 Å². The number of hydrogen-bond acceptors (Lipinski definition) is 4. The van der Waals surface area contributed by atoms with Crippen LogP contribution in [0.2, 0.25) is 0 Å². The van der Waals surface area contributed by atoms with Crippen molar-refractivity contribution in [3.05, 3.63) is 33.4 Å². The number of benzene rings is 1. The third-order valence-electron chi connectivity index (χ3n) is 4.79. The molecule has 7 heteroatoms. The van der Waals surface area contributed by atoms with Crippen molar-refractivity contribution in [1.29, 1.82) is 0 Å². The number of allylic oxidation sites excluding steroid dienone is 1. The number of thiocarbonyl (C=S) groups is 1. The molecule has 3 rings (SSSR count). The highest BCUT2D eigenvalue weighted by Crippen LogP contribution is 2.44. The predicted molar refractivity (Wildman–Crippen MR) is 109 cm³/mol. The van der Waals surface area contributed by atoms with Crippen LogP contribution < -0.4 is 14.8 Å². The molecule has 1 unspecified atom stereocenters. The van der Waals surface area contributed by atoms with Gasteiger partial charge in [0.25, 0.3) is 0 Å². The molecule has 1 aliphatic carbocycles. The lowest BCUT2D eigenvalue weighted by molar-refractivity contribution is -0.116. The predicted octanol–water partition coefficient (Wildman–Crippen LogP) is 4.11. The molecular formula is C19H23BrN2O3S. The average molecular weight is 439 g/mol. The Hall–Kier alpha value is -1.60. The van der Waals surface area contributed by atoms with E-state index < -0.39 is 0 Å². The van der Waals surface area contributed by atoms with Gasteiger partial charge in [0, 0.05) is 34.3 Å². The van der Waals surface area contributed by atoms with Crippen LogP contribution in [0.5, 0.6) is 11.5 Å². The summed E-state index contributed by atoms with van der Waals surface area (Å²) in [6, 6.07) is 3.48. The lowest BCUT2D eigenvalue weighted by Gasteiger charge is -2.41. The minimum atomic E-state index is -0.334. The van der Waals surface area contributed by atoms with Gasteiger partial charge < -0.3 is 19.7 Å². The summed E-state index contributed by atoms with van der Waals surface area (Å²) in [6.45, 7) is 2.92. The van der Waals surface area contributed by atoms with Gasteiger partial charge in [-0.2, -0.15) is 0 Å². The van der Waals surface area contributed by atoms with Gasteiger partial charge in [-0.1, -0.05) is 22.9 Å². The number of ether oxygens (including phenoxy) is 2. The molecule has 26 heavy (non-hydrogen) atoms. The molecule has 5 nitrogen and oxygen atoms in total. The molecular weight excluding hydrogens is 416 g/mol. The molecule has 1 N–H and O–H groups in total. The van der Waals surface area contributed by atoms with Gasteiger partial charge >= 0.3 is 0 Å². The van der Waals surface area contributed by atoms with Crippen molar-refractivity contribution in [2.45, 2.75) is 38.6 Å². The molecule has 1 aromatic rings. The van der Waals surface area contributed by atoms with Crippen LogP contribution in [-0.4, -0.2) is 36.6 Å². The van der Waals surface area contributed by atoms with E-state index in [-0.39, 0.29) is 11.8 Å². The van der Waals surface area contributed by atoms with E-state index in [1.54, 1.807) is 14.2 Å². The Bertz CT molecular complexity index is 778. The topological polar surface area (TPSA) is 50.8 Å². The van der Waals surface area contributed by atoms with Gasteiger partial charge in [-0.15, -0.1) is 0 Å². The SMILES string of the molecule is CCCN1C(=S)NC(c2cc(Br)cc(OC)c2OC)C2=C1CCCC2=O. The second-order valence-electron chi connectivity index (χ2n) is 6.40. The van der Waals surface area contributed by atoms with E-state index in [1.165, 1.54) is 0 Å². The molecule has 2 aliphatic rings. The Kier molecular flexibility index (Phi) is 5.87. The number of nitrogens with zero attached hydrogens (tertiary/aromatic N) is 1. The van der Waals surface area contributed by atoms with Crippen LogP contribution in [0.4, 0.5) is 0 Å². The number of ketones is 1. The molecule has 0 saturated carbocycles. The standard InChI is InChI=1S/C19H23BrN2O3S/c1-4-8-22-13-6-5-7-14(23)16(13)17(21-19(22)26)12-9-11(20)10-15(24-2)18(12)25-3/h9-10,17H,4-8H2,1-3H3,(H,21,26). The summed E-state index contributed by atoms with van der Waals surface area (Å²) in [6.07, 6.45) is 3.27. The number of hydrogen-bond donors (Lipinski definition) is 1. The molecule has 1 aromatic carbocycles. The van der Waals surface area contributed by atoms with Crippen LogP contribution >= 0.6 is 28.1 Å². The summed E-state index contributed by atoms with van der Waals surface area (Å²) in [5.74, 6) is 1.41. The zero-order chi connectivity index (χ0) is 18.8. The molecule has 0 spiro atoms. The summed E-state index contributed by atoms with van der Waals surface area (Å²) < 4.78 is 12.0.